The minimum Gasteiger partial charge on any atom is -0.0874 e. The van der Waals surface area contributed by atoms with Crippen molar-refractivity contribution in [1.29, 1.82) is 0 Å². The molecule has 0 fully saturated rings. The third kappa shape index (κ3) is 5.01. The van der Waals surface area contributed by atoms with Crippen molar-refractivity contribution < 1.29 is 0 Å². The molecule has 1 atom stereocenters. The zero-order valence-corrected chi connectivity index (χ0v) is 10.6. The Labute approximate surface area is 94.8 Å². The van der Waals surface area contributed by atoms with Crippen LogP contribution in [0, 0.1) is 11.3 Å². The molecule has 1 unspecified atom stereocenters. The molecular weight excluding hydrogens is 180 g/mol. The monoisotopic (exact) mass is 204 g/mol. The second-order valence-electron chi connectivity index (χ2n) is 5.49. The van der Waals surface area contributed by atoms with Crippen LogP contribution in [0.2, 0.25) is 0 Å². The first-order valence-corrected chi connectivity index (χ1v) is 5.99. The lowest BCUT2D eigenvalue weighted by Gasteiger charge is -2.18. The second kappa shape index (κ2) is 5.34. The van der Waals surface area contributed by atoms with Gasteiger partial charge in [-0.2, -0.15) is 0 Å². The molecule has 1 aliphatic rings. The Morgan fingerprint density at radius 1 is 1.27 bits per heavy atom. The quantitative estimate of drug-likeness (QED) is 0.493. The molecule has 84 valence electrons. The summed E-state index contributed by atoms with van der Waals surface area (Å²) in [6.07, 6.45) is 15.2. The van der Waals surface area contributed by atoms with Crippen LogP contribution in [0.5, 0.6) is 0 Å². The largest absolute Gasteiger partial charge is 0.0874 e. The van der Waals surface area contributed by atoms with E-state index in [4.69, 9.17) is 0 Å². The average Bonchev–Trinajstić information content (AvgIpc) is 2.15. The molecule has 0 N–H and O–H groups in total. The summed E-state index contributed by atoms with van der Waals surface area (Å²) >= 11 is 0. The number of hydrogen-bond donors (Lipinski definition) is 0. The van der Waals surface area contributed by atoms with E-state index in [1.807, 2.05) is 0 Å². The standard InChI is InChI=1S/C15H24/c1-13-7-5-8-14(2)10-12-15(3,4)11-6-9-13/h5-7,10-11,13H,8-9,12H2,1-4H3/b7-5-,11-6+,14-10+. The SMILES string of the molecule is C/C1=C\CC(C)(C)/C=C/CC(C)/C=C\C1. The summed E-state index contributed by atoms with van der Waals surface area (Å²) in [5.74, 6) is 0.669. The van der Waals surface area contributed by atoms with Crippen molar-refractivity contribution in [2.45, 2.75) is 47.0 Å². The first kappa shape index (κ1) is 12.3. The maximum atomic E-state index is 2.38. The maximum absolute atomic E-state index is 2.38. The van der Waals surface area contributed by atoms with Gasteiger partial charge in [0.2, 0.25) is 0 Å². The van der Waals surface area contributed by atoms with Gasteiger partial charge in [0.05, 0.1) is 0 Å². The van der Waals surface area contributed by atoms with Gasteiger partial charge in [0.25, 0.3) is 0 Å². The average molecular weight is 204 g/mol. The summed E-state index contributed by atoms with van der Waals surface area (Å²) in [6, 6.07) is 0. The molecule has 15 heavy (non-hydrogen) atoms. The van der Waals surface area contributed by atoms with Crippen LogP contribution < -0.4 is 0 Å². The number of allylic oxidation sites excluding steroid dienone is 6. The molecule has 1 rings (SSSR count). The van der Waals surface area contributed by atoms with E-state index < -0.39 is 0 Å². The smallest absolute Gasteiger partial charge is 0.0140 e. The molecule has 0 radical (unpaired) electrons. The Morgan fingerprint density at radius 3 is 2.73 bits per heavy atom. The predicted molar refractivity (Wildman–Crippen MR) is 68.8 cm³/mol. The molecule has 0 saturated heterocycles. The molecule has 0 aromatic heterocycles. The van der Waals surface area contributed by atoms with E-state index in [9.17, 15) is 0 Å². The van der Waals surface area contributed by atoms with Crippen LogP contribution in [-0.2, 0) is 0 Å². The molecule has 0 heterocycles. The van der Waals surface area contributed by atoms with Gasteiger partial charge in [-0.25, -0.2) is 0 Å². The third-order valence-electron chi connectivity index (χ3n) is 2.96. The second-order valence-corrected chi connectivity index (χ2v) is 5.49. The molecule has 0 aromatic carbocycles. The van der Waals surface area contributed by atoms with E-state index >= 15 is 0 Å². The van der Waals surface area contributed by atoms with Crippen LogP contribution in [0.25, 0.3) is 0 Å². The zero-order chi connectivity index (χ0) is 11.3. The summed E-state index contributed by atoms with van der Waals surface area (Å²) in [6.45, 7) is 9.13. The molecule has 0 heteroatoms. The van der Waals surface area contributed by atoms with Gasteiger partial charge in [0.1, 0.15) is 0 Å². The van der Waals surface area contributed by atoms with Gasteiger partial charge in [0.15, 0.2) is 0 Å². The van der Waals surface area contributed by atoms with Crippen LogP contribution in [-0.4, -0.2) is 0 Å². The van der Waals surface area contributed by atoms with Crippen LogP contribution in [0.1, 0.15) is 47.0 Å². The lowest BCUT2D eigenvalue weighted by atomic mass is 9.87. The summed E-state index contributed by atoms with van der Waals surface area (Å²) in [5, 5.41) is 0. The van der Waals surface area contributed by atoms with Gasteiger partial charge in [0, 0.05) is 0 Å². The number of hydrogen-bond acceptors (Lipinski definition) is 0. The van der Waals surface area contributed by atoms with Gasteiger partial charge in [-0.1, -0.05) is 56.7 Å². The highest BCUT2D eigenvalue weighted by Crippen LogP contribution is 2.25. The highest BCUT2D eigenvalue weighted by Gasteiger charge is 2.12. The molecule has 0 saturated carbocycles. The topological polar surface area (TPSA) is 0 Å². The first-order chi connectivity index (χ1) is 6.99. The Bertz CT molecular complexity index is 276. The summed E-state index contributed by atoms with van der Waals surface area (Å²) < 4.78 is 0. The van der Waals surface area contributed by atoms with Crippen LogP contribution >= 0.6 is 0 Å². The van der Waals surface area contributed by atoms with E-state index in [1.165, 1.54) is 12.0 Å². The third-order valence-corrected chi connectivity index (χ3v) is 2.96. The molecular formula is C15H24. The molecule has 1 aliphatic carbocycles. The summed E-state index contributed by atoms with van der Waals surface area (Å²) in [4.78, 5) is 0. The fraction of sp³-hybridized carbons (Fsp3) is 0.600. The molecule has 0 aromatic rings. The van der Waals surface area contributed by atoms with Gasteiger partial charge in [-0.15, -0.1) is 0 Å². The molecule has 0 amide bonds. The van der Waals surface area contributed by atoms with Crippen LogP contribution in [0.3, 0.4) is 0 Å². The fourth-order valence-corrected chi connectivity index (χ4v) is 1.76. The van der Waals surface area contributed by atoms with Crippen molar-refractivity contribution in [3.63, 3.8) is 0 Å². The van der Waals surface area contributed by atoms with Gasteiger partial charge in [-0.3, -0.25) is 0 Å². The Hall–Kier alpha value is -0.780. The van der Waals surface area contributed by atoms with Crippen molar-refractivity contribution >= 4 is 0 Å². The van der Waals surface area contributed by atoms with E-state index in [-0.39, 0.29) is 0 Å². The van der Waals surface area contributed by atoms with Crippen molar-refractivity contribution in [1.82, 2.24) is 0 Å². The van der Waals surface area contributed by atoms with Crippen molar-refractivity contribution in [2.24, 2.45) is 11.3 Å². The highest BCUT2D eigenvalue weighted by atomic mass is 14.2. The molecule has 0 bridgehead atoms. The van der Waals surface area contributed by atoms with Crippen molar-refractivity contribution in [3.8, 4) is 0 Å². The summed E-state index contributed by atoms with van der Waals surface area (Å²) in [5.41, 5.74) is 1.80. The van der Waals surface area contributed by atoms with E-state index in [2.05, 4.69) is 58.1 Å². The van der Waals surface area contributed by atoms with E-state index in [1.54, 1.807) is 0 Å². The maximum Gasteiger partial charge on any atom is -0.0140 e. The Kier molecular flexibility index (Phi) is 4.38. The Balaban J connectivity index is 2.78. The minimum atomic E-state index is 0.311. The van der Waals surface area contributed by atoms with Crippen LogP contribution in [0.15, 0.2) is 36.0 Å². The molecule has 0 spiro atoms. The van der Waals surface area contributed by atoms with Crippen LogP contribution in [0.4, 0.5) is 0 Å². The van der Waals surface area contributed by atoms with Gasteiger partial charge in [-0.05, 0) is 37.5 Å². The zero-order valence-electron chi connectivity index (χ0n) is 10.6. The van der Waals surface area contributed by atoms with Gasteiger partial charge >= 0.3 is 0 Å². The highest BCUT2D eigenvalue weighted by molar-refractivity contribution is 5.10. The normalized spacial score (nSPS) is 34.7. The van der Waals surface area contributed by atoms with E-state index in [0.29, 0.717) is 11.3 Å². The van der Waals surface area contributed by atoms with Gasteiger partial charge < -0.3 is 0 Å². The fourth-order valence-electron chi connectivity index (χ4n) is 1.76. The predicted octanol–water partition coefficient (Wildman–Crippen LogP) is 4.89. The van der Waals surface area contributed by atoms with Crippen molar-refractivity contribution in [2.75, 3.05) is 0 Å². The lowest BCUT2D eigenvalue weighted by molar-refractivity contribution is 0.484. The molecule has 0 aliphatic heterocycles. The molecule has 0 nitrogen and oxygen atoms in total. The summed E-state index contributed by atoms with van der Waals surface area (Å²) in [7, 11) is 0. The number of rotatable bonds is 0. The minimum absolute atomic E-state index is 0.311. The first-order valence-electron chi connectivity index (χ1n) is 5.99. The Morgan fingerprint density at radius 2 is 2.00 bits per heavy atom. The van der Waals surface area contributed by atoms with Crippen molar-refractivity contribution in [3.05, 3.63) is 36.0 Å². The van der Waals surface area contributed by atoms with E-state index in [0.717, 1.165) is 12.8 Å². The lowest BCUT2D eigenvalue weighted by Crippen LogP contribution is -2.05.